The lowest BCUT2D eigenvalue weighted by Crippen LogP contribution is -2.53. The highest BCUT2D eigenvalue weighted by Gasteiger charge is 2.39. The van der Waals surface area contributed by atoms with Crippen molar-refractivity contribution in [2.75, 3.05) is 4.90 Å². The number of nitrogens with two attached hydrogens (primary N) is 1. The molecule has 2 aromatic carbocycles. The second-order valence-electron chi connectivity index (χ2n) is 9.06. The number of halogens is 4. The lowest BCUT2D eigenvalue weighted by atomic mass is 10.0. The van der Waals surface area contributed by atoms with Gasteiger partial charge in [0.2, 0.25) is 11.8 Å². The van der Waals surface area contributed by atoms with Gasteiger partial charge in [-0.2, -0.15) is 0 Å². The van der Waals surface area contributed by atoms with E-state index in [2.05, 4.69) is 4.98 Å². The summed E-state index contributed by atoms with van der Waals surface area (Å²) in [7, 11) is 0. The molecule has 0 atom stereocenters. The third kappa shape index (κ3) is 8.18. The number of hydrogen-bond donors (Lipinski definition) is 4. The number of benzene rings is 2. The fourth-order valence-corrected chi connectivity index (χ4v) is 4.31. The van der Waals surface area contributed by atoms with Gasteiger partial charge in [0.15, 0.2) is 0 Å². The minimum atomic E-state index is -3.56. The van der Waals surface area contributed by atoms with Gasteiger partial charge in [-0.15, -0.1) is 0 Å². The van der Waals surface area contributed by atoms with Crippen LogP contribution in [-0.4, -0.2) is 44.1 Å². The number of amides is 2. The van der Waals surface area contributed by atoms with Gasteiger partial charge in [-0.3, -0.25) is 9.59 Å². The van der Waals surface area contributed by atoms with Gasteiger partial charge in [-0.1, -0.05) is 55.6 Å². The molecule has 1 heterocycles. The molecule has 12 heteroatoms. The van der Waals surface area contributed by atoms with Crippen LogP contribution >= 0.6 is 23.2 Å². The van der Waals surface area contributed by atoms with Crippen LogP contribution < -0.4 is 10.6 Å². The van der Waals surface area contributed by atoms with E-state index in [-0.39, 0.29) is 34.8 Å². The molecule has 0 aliphatic rings. The second-order valence-corrected chi connectivity index (χ2v) is 9.87. The molecule has 3 aromatic rings. The summed E-state index contributed by atoms with van der Waals surface area (Å²) in [5.41, 5.74) is 7.21. The third-order valence-electron chi connectivity index (χ3n) is 5.90. The number of pyridine rings is 1. The fraction of sp³-hybridized carbons (Fsp3) is 0.321. The Morgan fingerprint density at radius 1 is 1.00 bits per heavy atom. The Balaban J connectivity index is 0.000000611. The number of aromatic nitrogens is 1. The highest BCUT2D eigenvalue weighted by molar-refractivity contribution is 6.35. The fourth-order valence-electron chi connectivity index (χ4n) is 3.78. The standard InChI is InChI=1S/C22H19Cl2N3O5.C6H12F2/c1-11-4-3-5-17(24)18(11)21(29)27(22(30,31)32)20-12(2)8-14(10-26-20)15-9-13(19(25)28)6-7-16(15)23;1-3-5-6(7,8)4-2/h3-10,30-32H,1-2H3,(H2,25,28);3-5H2,1-2H3. The molecule has 8 nitrogen and oxygen atoms in total. The van der Waals surface area contributed by atoms with Crippen molar-refractivity contribution >= 4 is 40.8 Å². The molecule has 0 fully saturated rings. The zero-order valence-electron chi connectivity index (χ0n) is 22.4. The van der Waals surface area contributed by atoms with Gasteiger partial charge in [-0.25, -0.2) is 18.7 Å². The normalized spacial score (nSPS) is 11.5. The molecular formula is C28H31Cl2F2N3O5. The summed E-state index contributed by atoms with van der Waals surface area (Å²) >= 11 is 12.4. The Bertz CT molecular complexity index is 1360. The Labute approximate surface area is 241 Å². The number of primary amides is 1. The molecule has 3 rings (SSSR count). The number of aryl methyl sites for hydroxylation is 2. The van der Waals surface area contributed by atoms with E-state index < -0.39 is 23.8 Å². The van der Waals surface area contributed by atoms with Crippen LogP contribution in [0.3, 0.4) is 0 Å². The van der Waals surface area contributed by atoms with Crippen molar-refractivity contribution in [2.45, 2.75) is 59.0 Å². The molecule has 0 bridgehead atoms. The van der Waals surface area contributed by atoms with Crippen LogP contribution in [0.25, 0.3) is 11.1 Å². The highest BCUT2D eigenvalue weighted by Crippen LogP contribution is 2.33. The Kier molecular flexibility index (Phi) is 11.1. The predicted octanol–water partition coefficient (Wildman–Crippen LogP) is 5.84. The van der Waals surface area contributed by atoms with E-state index in [9.17, 15) is 33.7 Å². The van der Waals surface area contributed by atoms with Crippen molar-refractivity contribution < 1.29 is 33.7 Å². The lowest BCUT2D eigenvalue weighted by molar-refractivity contribution is -0.304. The van der Waals surface area contributed by atoms with Crippen LogP contribution in [-0.2, 0) is 0 Å². The number of alkyl halides is 2. The molecule has 40 heavy (non-hydrogen) atoms. The zero-order valence-corrected chi connectivity index (χ0v) is 23.9. The van der Waals surface area contributed by atoms with Gasteiger partial charge in [0, 0.05) is 40.8 Å². The van der Waals surface area contributed by atoms with E-state index in [4.69, 9.17) is 28.9 Å². The van der Waals surface area contributed by atoms with Gasteiger partial charge < -0.3 is 21.1 Å². The van der Waals surface area contributed by atoms with Gasteiger partial charge >= 0.3 is 6.10 Å². The van der Waals surface area contributed by atoms with Crippen molar-refractivity contribution in [3.8, 4) is 11.1 Å². The molecule has 1 aromatic heterocycles. The number of hydrogen-bond acceptors (Lipinski definition) is 6. The molecule has 0 unspecified atom stereocenters. The summed E-state index contributed by atoms with van der Waals surface area (Å²) < 4.78 is 24.3. The van der Waals surface area contributed by atoms with E-state index in [0.29, 0.717) is 38.6 Å². The summed E-state index contributed by atoms with van der Waals surface area (Å²) in [5.74, 6) is -4.25. The van der Waals surface area contributed by atoms with Crippen LogP contribution in [0.1, 0.15) is 65.0 Å². The number of carbonyl (C=O) groups excluding carboxylic acids is 2. The summed E-state index contributed by atoms with van der Waals surface area (Å²) in [5, 5.41) is 30.3. The van der Waals surface area contributed by atoms with Crippen LogP contribution in [0.4, 0.5) is 14.6 Å². The Morgan fingerprint density at radius 2 is 1.65 bits per heavy atom. The maximum atomic E-state index is 13.2. The second kappa shape index (κ2) is 13.5. The first-order valence-electron chi connectivity index (χ1n) is 12.2. The first kappa shape index (κ1) is 33.1. The molecule has 5 N–H and O–H groups in total. The van der Waals surface area contributed by atoms with E-state index >= 15 is 0 Å². The van der Waals surface area contributed by atoms with E-state index in [0.717, 1.165) is 0 Å². The number of nitrogens with zero attached hydrogens (tertiary/aromatic N) is 2. The Hall–Kier alpha value is -3.15. The summed E-state index contributed by atoms with van der Waals surface area (Å²) in [4.78, 5) is 29.1. The average molecular weight is 598 g/mol. The summed E-state index contributed by atoms with van der Waals surface area (Å²) in [6.45, 7) is 6.44. The van der Waals surface area contributed by atoms with Crippen LogP contribution in [0.2, 0.25) is 10.0 Å². The number of aliphatic hydroxyl groups is 3. The predicted molar refractivity (Wildman–Crippen MR) is 150 cm³/mol. The lowest BCUT2D eigenvalue weighted by Gasteiger charge is -2.31. The maximum Gasteiger partial charge on any atom is 0.377 e. The van der Waals surface area contributed by atoms with E-state index in [1.807, 2.05) is 0 Å². The smallest absolute Gasteiger partial charge is 0.366 e. The van der Waals surface area contributed by atoms with Crippen LogP contribution in [0.15, 0.2) is 48.7 Å². The Morgan fingerprint density at radius 3 is 2.12 bits per heavy atom. The molecule has 0 spiro atoms. The monoisotopic (exact) mass is 597 g/mol. The minimum Gasteiger partial charge on any atom is -0.366 e. The van der Waals surface area contributed by atoms with Gasteiger partial charge in [0.1, 0.15) is 5.82 Å². The van der Waals surface area contributed by atoms with Gasteiger partial charge in [-0.05, 0) is 55.3 Å². The third-order valence-corrected chi connectivity index (χ3v) is 6.54. The first-order chi connectivity index (χ1) is 18.5. The molecular weight excluding hydrogens is 567 g/mol. The highest BCUT2D eigenvalue weighted by atomic mass is 35.5. The molecule has 0 aliphatic heterocycles. The number of carbonyl (C=O) groups is 2. The van der Waals surface area contributed by atoms with Crippen molar-refractivity contribution in [1.29, 1.82) is 0 Å². The SMILES string of the molecule is CCCC(F)(F)CC.Cc1cc(-c2cc(C(N)=O)ccc2Cl)cnc1N(C(=O)c1c(C)cccc1Cl)C(O)(O)O. The van der Waals surface area contributed by atoms with Crippen molar-refractivity contribution in [3.63, 3.8) is 0 Å². The molecule has 216 valence electrons. The molecule has 0 radical (unpaired) electrons. The average Bonchev–Trinajstić information content (AvgIpc) is 2.85. The molecule has 0 aliphatic carbocycles. The van der Waals surface area contributed by atoms with E-state index in [1.54, 1.807) is 39.0 Å². The topological polar surface area (TPSA) is 137 Å². The number of rotatable bonds is 8. The largest absolute Gasteiger partial charge is 0.377 e. The van der Waals surface area contributed by atoms with Crippen LogP contribution in [0.5, 0.6) is 0 Å². The first-order valence-corrected chi connectivity index (χ1v) is 13.0. The van der Waals surface area contributed by atoms with Crippen molar-refractivity contribution in [1.82, 2.24) is 4.98 Å². The molecule has 0 saturated carbocycles. The maximum absolute atomic E-state index is 13.2. The van der Waals surface area contributed by atoms with Gasteiger partial charge in [0.25, 0.3) is 5.91 Å². The quantitative estimate of drug-likeness (QED) is 0.241. The zero-order chi connectivity index (χ0) is 30.4. The van der Waals surface area contributed by atoms with E-state index in [1.165, 1.54) is 37.4 Å². The minimum absolute atomic E-state index is 0.0269. The molecule has 0 saturated heterocycles. The van der Waals surface area contributed by atoms with Gasteiger partial charge in [0.05, 0.1) is 10.6 Å². The summed E-state index contributed by atoms with van der Waals surface area (Å²) in [6.07, 6.45) is -1.68. The van der Waals surface area contributed by atoms with Crippen LogP contribution in [0, 0.1) is 13.8 Å². The van der Waals surface area contributed by atoms with Crippen molar-refractivity contribution in [2.24, 2.45) is 5.73 Å². The van der Waals surface area contributed by atoms with Crippen molar-refractivity contribution in [3.05, 3.63) is 81.0 Å². The molecule has 2 amide bonds. The summed E-state index contributed by atoms with van der Waals surface area (Å²) in [6, 6.07) is 10.7. The number of anilines is 1.